The lowest BCUT2D eigenvalue weighted by atomic mass is 9.79. The molecule has 2 aliphatic heterocycles. The number of benzene rings is 2. The van der Waals surface area contributed by atoms with Crippen molar-refractivity contribution in [3.63, 3.8) is 0 Å². The summed E-state index contributed by atoms with van der Waals surface area (Å²) in [5.74, 6) is -1.15. The summed E-state index contributed by atoms with van der Waals surface area (Å²) >= 11 is 0. The molecule has 2 unspecified atom stereocenters. The Kier molecular flexibility index (Phi) is 4.07. The van der Waals surface area contributed by atoms with Crippen LogP contribution in [0.4, 0.5) is 4.39 Å². The molecule has 1 saturated heterocycles. The first-order chi connectivity index (χ1) is 12.4. The summed E-state index contributed by atoms with van der Waals surface area (Å²) in [7, 11) is 0. The molecule has 0 radical (unpaired) electrons. The molecule has 2 aromatic rings. The van der Waals surface area contributed by atoms with Crippen molar-refractivity contribution in [1.82, 2.24) is 0 Å². The van der Waals surface area contributed by atoms with Gasteiger partial charge in [0.1, 0.15) is 11.4 Å². The number of nitriles is 1. The zero-order valence-electron chi connectivity index (χ0n) is 14.8. The van der Waals surface area contributed by atoms with Gasteiger partial charge in [-0.25, -0.2) is 4.39 Å². The maximum absolute atomic E-state index is 13.6. The Balaban J connectivity index is 1.94. The highest BCUT2D eigenvalue weighted by atomic mass is 19.1. The molecule has 4 nitrogen and oxygen atoms in total. The third kappa shape index (κ3) is 3.12. The van der Waals surface area contributed by atoms with Crippen LogP contribution in [-0.4, -0.2) is 18.5 Å². The van der Waals surface area contributed by atoms with Gasteiger partial charge in [0.2, 0.25) is 0 Å². The smallest absolute Gasteiger partial charge is 0.164 e. The molecule has 0 saturated carbocycles. The number of ether oxygens (including phenoxy) is 3. The molecule has 26 heavy (non-hydrogen) atoms. The number of hydrogen-bond donors (Lipinski definition) is 0. The zero-order valence-corrected chi connectivity index (χ0v) is 14.8. The van der Waals surface area contributed by atoms with Crippen molar-refractivity contribution in [2.45, 2.75) is 44.4 Å². The monoisotopic (exact) mass is 353 g/mol. The topological polar surface area (TPSA) is 54.8 Å². The molecular weight excluding hydrogens is 333 g/mol. The van der Waals surface area contributed by atoms with E-state index in [9.17, 15) is 9.65 Å². The second-order valence-electron chi connectivity index (χ2n) is 7.27. The van der Waals surface area contributed by atoms with Crippen LogP contribution in [0.15, 0.2) is 42.5 Å². The SMILES string of the molecule is CC1(C)OCc2cc(C#N)ccc2C(CC2CO2)(c2ccc(F)cc2)O1. The predicted molar refractivity (Wildman–Crippen MR) is 92.6 cm³/mol. The summed E-state index contributed by atoms with van der Waals surface area (Å²) in [6, 6.07) is 14.1. The van der Waals surface area contributed by atoms with E-state index in [4.69, 9.17) is 14.2 Å². The first kappa shape index (κ1) is 17.2. The van der Waals surface area contributed by atoms with Gasteiger partial charge in [-0.3, -0.25) is 0 Å². The minimum Gasteiger partial charge on any atom is -0.373 e. The van der Waals surface area contributed by atoms with E-state index in [1.54, 1.807) is 18.2 Å². The quantitative estimate of drug-likeness (QED) is 0.782. The van der Waals surface area contributed by atoms with Crippen molar-refractivity contribution in [1.29, 1.82) is 5.26 Å². The molecule has 2 aromatic carbocycles. The average Bonchev–Trinajstić information content (AvgIpc) is 3.44. The second kappa shape index (κ2) is 6.17. The number of nitrogens with zero attached hydrogens (tertiary/aromatic N) is 1. The molecule has 134 valence electrons. The van der Waals surface area contributed by atoms with E-state index in [2.05, 4.69) is 6.07 Å². The Labute approximate surface area is 152 Å². The summed E-state index contributed by atoms with van der Waals surface area (Å²) in [5.41, 5.74) is 2.42. The standard InChI is InChI=1S/C21H20FNO3/c1-20(2)25-12-15-9-14(11-23)3-8-19(15)21(26-20,10-18-13-24-18)16-4-6-17(22)7-5-16/h3-9,18H,10,12-13H2,1-2H3. The van der Waals surface area contributed by atoms with Gasteiger partial charge in [0.25, 0.3) is 0 Å². The van der Waals surface area contributed by atoms with E-state index < -0.39 is 11.4 Å². The van der Waals surface area contributed by atoms with Gasteiger partial charge in [-0.05, 0) is 54.8 Å². The number of rotatable bonds is 3. The number of fused-ring (bicyclic) bond motifs is 1. The van der Waals surface area contributed by atoms with Crippen LogP contribution in [0.2, 0.25) is 0 Å². The van der Waals surface area contributed by atoms with Crippen LogP contribution in [0.25, 0.3) is 0 Å². The fourth-order valence-corrected chi connectivity index (χ4v) is 3.64. The van der Waals surface area contributed by atoms with Gasteiger partial charge in [-0.2, -0.15) is 5.26 Å². The molecule has 0 bridgehead atoms. The van der Waals surface area contributed by atoms with Crippen LogP contribution in [-0.2, 0) is 26.4 Å². The molecule has 0 aromatic heterocycles. The predicted octanol–water partition coefficient (Wildman–Crippen LogP) is 4.01. The Hall–Kier alpha value is -2.26. The van der Waals surface area contributed by atoms with Crippen LogP contribution >= 0.6 is 0 Å². The molecule has 5 heteroatoms. The van der Waals surface area contributed by atoms with E-state index in [1.807, 2.05) is 26.0 Å². The molecule has 2 heterocycles. The van der Waals surface area contributed by atoms with Crippen molar-refractivity contribution < 1.29 is 18.6 Å². The summed E-state index contributed by atoms with van der Waals surface area (Å²) in [5, 5.41) is 9.26. The molecule has 2 aliphatic rings. The lowest BCUT2D eigenvalue weighted by Gasteiger charge is -2.39. The lowest BCUT2D eigenvalue weighted by molar-refractivity contribution is -0.263. The van der Waals surface area contributed by atoms with Gasteiger partial charge >= 0.3 is 0 Å². The number of epoxide rings is 1. The van der Waals surface area contributed by atoms with Crippen LogP contribution < -0.4 is 0 Å². The van der Waals surface area contributed by atoms with Crippen molar-refractivity contribution in [2.75, 3.05) is 6.61 Å². The van der Waals surface area contributed by atoms with Gasteiger partial charge in [-0.15, -0.1) is 0 Å². The van der Waals surface area contributed by atoms with Crippen molar-refractivity contribution in [2.24, 2.45) is 0 Å². The van der Waals surface area contributed by atoms with Gasteiger partial charge in [0.05, 0.1) is 31.0 Å². The number of halogens is 1. The third-order valence-electron chi connectivity index (χ3n) is 4.89. The highest BCUT2D eigenvalue weighted by Crippen LogP contribution is 2.47. The highest BCUT2D eigenvalue weighted by molar-refractivity contribution is 5.46. The Morgan fingerprint density at radius 2 is 1.92 bits per heavy atom. The van der Waals surface area contributed by atoms with Gasteiger partial charge in [0, 0.05) is 6.42 Å². The third-order valence-corrected chi connectivity index (χ3v) is 4.89. The van der Waals surface area contributed by atoms with Crippen LogP contribution in [0.1, 0.15) is 42.5 Å². The summed E-state index contributed by atoms with van der Waals surface area (Å²) in [4.78, 5) is 0. The number of hydrogen-bond acceptors (Lipinski definition) is 4. The summed E-state index contributed by atoms with van der Waals surface area (Å²) in [6.07, 6.45) is 0.682. The Bertz CT molecular complexity index is 868. The Morgan fingerprint density at radius 3 is 2.58 bits per heavy atom. The van der Waals surface area contributed by atoms with E-state index in [0.29, 0.717) is 25.2 Å². The molecule has 0 aliphatic carbocycles. The first-order valence-corrected chi connectivity index (χ1v) is 8.67. The molecule has 4 rings (SSSR count). The van der Waals surface area contributed by atoms with Gasteiger partial charge < -0.3 is 14.2 Å². The second-order valence-corrected chi connectivity index (χ2v) is 7.27. The van der Waals surface area contributed by atoms with Crippen molar-refractivity contribution >= 4 is 0 Å². The van der Waals surface area contributed by atoms with Gasteiger partial charge in [-0.1, -0.05) is 18.2 Å². The first-order valence-electron chi connectivity index (χ1n) is 8.67. The molecule has 1 fully saturated rings. The molecule has 0 N–H and O–H groups in total. The lowest BCUT2D eigenvalue weighted by Crippen LogP contribution is -2.41. The summed E-state index contributed by atoms with van der Waals surface area (Å²) < 4.78 is 31.6. The van der Waals surface area contributed by atoms with E-state index in [-0.39, 0.29) is 11.9 Å². The fourth-order valence-electron chi connectivity index (χ4n) is 3.64. The summed E-state index contributed by atoms with van der Waals surface area (Å²) in [6.45, 7) is 4.76. The average molecular weight is 353 g/mol. The minimum atomic E-state index is -0.852. The van der Waals surface area contributed by atoms with Crippen LogP contribution in [0.3, 0.4) is 0 Å². The maximum atomic E-state index is 13.6. The zero-order chi connectivity index (χ0) is 18.4. The van der Waals surface area contributed by atoms with E-state index in [0.717, 1.165) is 16.7 Å². The molecule has 2 atom stereocenters. The highest BCUT2D eigenvalue weighted by Gasteiger charge is 2.48. The van der Waals surface area contributed by atoms with E-state index >= 15 is 0 Å². The van der Waals surface area contributed by atoms with Crippen LogP contribution in [0, 0.1) is 17.1 Å². The Morgan fingerprint density at radius 1 is 1.19 bits per heavy atom. The molecule has 0 spiro atoms. The van der Waals surface area contributed by atoms with Crippen molar-refractivity contribution in [3.05, 3.63) is 70.5 Å². The normalized spacial score (nSPS) is 26.5. The maximum Gasteiger partial charge on any atom is 0.164 e. The van der Waals surface area contributed by atoms with E-state index in [1.165, 1.54) is 12.1 Å². The van der Waals surface area contributed by atoms with Gasteiger partial charge in [0.15, 0.2) is 5.79 Å². The van der Waals surface area contributed by atoms with Crippen molar-refractivity contribution in [3.8, 4) is 6.07 Å². The molecule has 0 amide bonds. The minimum absolute atomic E-state index is 0.0810. The largest absolute Gasteiger partial charge is 0.373 e. The van der Waals surface area contributed by atoms with Crippen LogP contribution in [0.5, 0.6) is 0 Å². The molecular formula is C21H20FNO3. The fraction of sp³-hybridized carbons (Fsp3) is 0.381.